The number of tetrazole rings is 1. The Morgan fingerprint density at radius 2 is 2.22 bits per heavy atom. The molecule has 23 heavy (non-hydrogen) atoms. The highest BCUT2D eigenvalue weighted by atomic mass is 32.2. The summed E-state index contributed by atoms with van der Waals surface area (Å²) in [5, 5.41) is 11.5. The number of aromatic nitrogens is 4. The van der Waals surface area contributed by atoms with Crippen molar-refractivity contribution in [2.24, 2.45) is 0 Å². The minimum absolute atomic E-state index is 0.0905. The van der Waals surface area contributed by atoms with Gasteiger partial charge < -0.3 is 4.42 Å². The summed E-state index contributed by atoms with van der Waals surface area (Å²) in [6.45, 7) is 0.571. The number of hydrogen-bond donors (Lipinski definition) is 1. The average Bonchev–Trinajstić information content (AvgIpc) is 3.03. The average molecular weight is 338 g/mol. The normalized spacial score (nSPS) is 22.7. The highest BCUT2D eigenvalue weighted by Crippen LogP contribution is 2.35. The van der Waals surface area contributed by atoms with Crippen molar-refractivity contribution in [2.45, 2.75) is 44.3 Å². The maximum atomic E-state index is 12.6. The topological polar surface area (TPSA) is 106 Å². The Kier molecular flexibility index (Phi) is 3.66. The molecule has 1 saturated heterocycles. The monoisotopic (exact) mass is 338 g/mol. The fourth-order valence-corrected chi connectivity index (χ4v) is 4.35. The van der Waals surface area contributed by atoms with Crippen molar-refractivity contribution in [3.05, 3.63) is 30.0 Å². The van der Waals surface area contributed by atoms with Gasteiger partial charge in [0.05, 0.1) is 24.9 Å². The summed E-state index contributed by atoms with van der Waals surface area (Å²) in [5.41, 5.74) is 0. The molecule has 1 saturated carbocycles. The van der Waals surface area contributed by atoms with E-state index in [2.05, 4.69) is 20.2 Å². The second kappa shape index (κ2) is 5.69. The lowest BCUT2D eigenvalue weighted by molar-refractivity contribution is 0.335. The summed E-state index contributed by atoms with van der Waals surface area (Å²) in [7, 11) is -3.62. The van der Waals surface area contributed by atoms with E-state index in [-0.39, 0.29) is 12.6 Å². The molecule has 1 aliphatic carbocycles. The third kappa shape index (κ3) is 2.89. The highest BCUT2D eigenvalue weighted by Gasteiger charge is 2.37. The zero-order chi connectivity index (χ0) is 15.9. The molecule has 4 rings (SSSR count). The molecule has 0 radical (unpaired) electrons. The van der Waals surface area contributed by atoms with E-state index in [9.17, 15) is 8.42 Å². The summed E-state index contributed by atoms with van der Waals surface area (Å²) in [6.07, 6.45) is 5.21. The molecule has 9 nitrogen and oxygen atoms in total. The summed E-state index contributed by atoms with van der Waals surface area (Å²) in [5.74, 6) is 1.22. The van der Waals surface area contributed by atoms with E-state index in [1.807, 2.05) is 6.07 Å². The van der Waals surface area contributed by atoms with E-state index in [0.717, 1.165) is 25.7 Å². The van der Waals surface area contributed by atoms with Gasteiger partial charge in [-0.2, -0.15) is 17.4 Å². The summed E-state index contributed by atoms with van der Waals surface area (Å²) >= 11 is 0. The van der Waals surface area contributed by atoms with E-state index in [1.165, 1.54) is 4.31 Å². The fourth-order valence-electron chi connectivity index (χ4n) is 2.96. The first kappa shape index (κ1) is 14.8. The van der Waals surface area contributed by atoms with Crippen LogP contribution in [0.4, 0.5) is 0 Å². The zero-order valence-electron chi connectivity index (χ0n) is 12.5. The predicted octanol–water partition coefficient (Wildman–Crippen LogP) is 0.772. The Hall–Kier alpha value is -1.78. The van der Waals surface area contributed by atoms with E-state index < -0.39 is 10.2 Å². The molecule has 1 atom stereocenters. The van der Waals surface area contributed by atoms with Gasteiger partial charge >= 0.3 is 0 Å². The first-order chi connectivity index (χ1) is 11.1. The van der Waals surface area contributed by atoms with Gasteiger partial charge in [-0.15, -0.1) is 5.10 Å². The second-order valence-corrected chi connectivity index (χ2v) is 7.59. The standard InChI is InChI=1S/C13H18N6O3S/c20-23(21,14-9-13-15-16-17-19(13)10-5-6-10)18-7-1-3-11(18)12-4-2-8-22-12/h2,4,8,10-11,14H,1,3,5-7,9H2/t11-/m1/s1. The van der Waals surface area contributed by atoms with E-state index in [0.29, 0.717) is 24.2 Å². The minimum atomic E-state index is -3.62. The van der Waals surface area contributed by atoms with Crippen LogP contribution in [0.15, 0.2) is 22.8 Å². The van der Waals surface area contributed by atoms with Crippen molar-refractivity contribution in [3.63, 3.8) is 0 Å². The van der Waals surface area contributed by atoms with Crippen LogP contribution in [0.1, 0.15) is 49.4 Å². The Balaban J connectivity index is 1.48. The number of hydrogen-bond acceptors (Lipinski definition) is 6. The smallest absolute Gasteiger partial charge is 0.280 e. The number of rotatable bonds is 6. The van der Waals surface area contributed by atoms with Crippen molar-refractivity contribution in [2.75, 3.05) is 6.54 Å². The molecule has 0 unspecified atom stereocenters. The van der Waals surface area contributed by atoms with Gasteiger partial charge in [0.1, 0.15) is 5.76 Å². The maximum Gasteiger partial charge on any atom is 0.280 e. The van der Waals surface area contributed by atoms with E-state index >= 15 is 0 Å². The second-order valence-electron chi connectivity index (χ2n) is 5.88. The van der Waals surface area contributed by atoms with Gasteiger partial charge in [-0.05, 0) is 48.2 Å². The van der Waals surface area contributed by atoms with Crippen molar-refractivity contribution < 1.29 is 12.8 Å². The molecule has 1 N–H and O–H groups in total. The van der Waals surface area contributed by atoms with Gasteiger partial charge in [0.15, 0.2) is 5.82 Å². The van der Waals surface area contributed by atoms with Gasteiger partial charge in [-0.3, -0.25) is 0 Å². The third-order valence-electron chi connectivity index (χ3n) is 4.25. The zero-order valence-corrected chi connectivity index (χ0v) is 13.3. The van der Waals surface area contributed by atoms with E-state index in [1.54, 1.807) is 17.0 Å². The van der Waals surface area contributed by atoms with Gasteiger partial charge in [0.2, 0.25) is 0 Å². The Morgan fingerprint density at radius 3 is 2.96 bits per heavy atom. The molecule has 2 aliphatic rings. The van der Waals surface area contributed by atoms with Crippen molar-refractivity contribution in [1.29, 1.82) is 0 Å². The molecular weight excluding hydrogens is 320 g/mol. The van der Waals surface area contributed by atoms with Crippen LogP contribution in [0.25, 0.3) is 0 Å². The molecule has 0 bridgehead atoms. The van der Waals surface area contributed by atoms with Crippen LogP contribution < -0.4 is 4.72 Å². The highest BCUT2D eigenvalue weighted by molar-refractivity contribution is 7.87. The number of nitrogens with one attached hydrogen (secondary N) is 1. The quantitative estimate of drug-likeness (QED) is 0.834. The summed E-state index contributed by atoms with van der Waals surface area (Å²) < 4.78 is 36.4. The molecule has 1 aliphatic heterocycles. The fraction of sp³-hybridized carbons (Fsp3) is 0.615. The lowest BCUT2D eigenvalue weighted by Gasteiger charge is -2.22. The van der Waals surface area contributed by atoms with Crippen molar-refractivity contribution in [1.82, 2.24) is 29.2 Å². The minimum Gasteiger partial charge on any atom is -0.468 e. The Labute approximate surface area is 133 Å². The van der Waals surface area contributed by atoms with Crippen LogP contribution in [0.2, 0.25) is 0 Å². The summed E-state index contributed by atoms with van der Waals surface area (Å²) in [4.78, 5) is 0. The summed E-state index contributed by atoms with van der Waals surface area (Å²) in [6, 6.07) is 3.65. The molecule has 2 aromatic heterocycles. The maximum absolute atomic E-state index is 12.6. The number of nitrogens with zero attached hydrogens (tertiary/aromatic N) is 5. The molecular formula is C13H18N6O3S. The van der Waals surface area contributed by atoms with Crippen LogP contribution >= 0.6 is 0 Å². The molecule has 0 spiro atoms. The molecule has 0 aromatic carbocycles. The van der Waals surface area contributed by atoms with Gasteiger partial charge in [-0.1, -0.05) is 0 Å². The third-order valence-corrected chi connectivity index (χ3v) is 5.81. The van der Waals surface area contributed by atoms with Crippen molar-refractivity contribution >= 4 is 10.2 Å². The first-order valence-electron chi connectivity index (χ1n) is 7.72. The van der Waals surface area contributed by atoms with E-state index in [4.69, 9.17) is 4.42 Å². The van der Waals surface area contributed by atoms with Gasteiger partial charge in [-0.25, -0.2) is 4.68 Å². The molecule has 2 aromatic rings. The Morgan fingerprint density at radius 1 is 1.35 bits per heavy atom. The lowest BCUT2D eigenvalue weighted by atomic mass is 10.2. The van der Waals surface area contributed by atoms with Crippen LogP contribution in [-0.2, 0) is 16.8 Å². The van der Waals surface area contributed by atoms with Crippen LogP contribution in [0.3, 0.4) is 0 Å². The molecule has 10 heteroatoms. The van der Waals surface area contributed by atoms with Gasteiger partial charge in [0, 0.05) is 6.54 Å². The lowest BCUT2D eigenvalue weighted by Crippen LogP contribution is -2.40. The number of furan rings is 1. The van der Waals surface area contributed by atoms with Crippen LogP contribution in [0.5, 0.6) is 0 Å². The Bertz CT molecular complexity index is 767. The molecule has 124 valence electrons. The van der Waals surface area contributed by atoms with Crippen LogP contribution in [0, 0.1) is 0 Å². The molecule has 2 fully saturated rings. The molecule has 3 heterocycles. The van der Waals surface area contributed by atoms with Crippen molar-refractivity contribution in [3.8, 4) is 0 Å². The predicted molar refractivity (Wildman–Crippen MR) is 79.2 cm³/mol. The first-order valence-corrected chi connectivity index (χ1v) is 9.16. The SMILES string of the molecule is O=S(=O)(NCc1nnnn1C1CC1)N1CCC[C@@H]1c1ccco1. The van der Waals surface area contributed by atoms with Crippen LogP contribution in [-0.4, -0.2) is 39.5 Å². The van der Waals surface area contributed by atoms with Gasteiger partial charge in [0.25, 0.3) is 10.2 Å². The largest absolute Gasteiger partial charge is 0.468 e. The molecule has 0 amide bonds.